The fraction of sp³-hybridized carbons (Fsp3) is 0.208. The number of benzene rings is 3. The third-order valence-corrected chi connectivity index (χ3v) is 7.24. The summed E-state index contributed by atoms with van der Waals surface area (Å²) in [7, 11) is -3.91. The zero-order valence-electron chi connectivity index (χ0n) is 18.1. The Labute approximate surface area is 187 Å². The summed E-state index contributed by atoms with van der Waals surface area (Å²) in [6, 6.07) is 15.5. The Morgan fingerprint density at radius 2 is 1.38 bits per heavy atom. The molecule has 0 aliphatic heterocycles. The molecule has 3 rings (SSSR count). The summed E-state index contributed by atoms with van der Waals surface area (Å²) in [5.74, 6) is -1.17. The van der Waals surface area contributed by atoms with Crippen molar-refractivity contribution >= 4 is 15.9 Å². The number of aryl methyl sites for hydroxylation is 3. The highest BCUT2D eigenvalue weighted by molar-refractivity contribution is 7.89. The molecule has 0 atom stereocenters. The van der Waals surface area contributed by atoms with Crippen LogP contribution in [0.1, 0.15) is 38.2 Å². The Bertz CT molecular complexity index is 1200. The van der Waals surface area contributed by atoms with E-state index in [1.54, 1.807) is 38.1 Å². The Morgan fingerprint density at radius 1 is 0.906 bits per heavy atom. The Morgan fingerprint density at radius 3 is 1.84 bits per heavy atom. The van der Waals surface area contributed by atoms with Crippen molar-refractivity contribution in [2.75, 3.05) is 0 Å². The molecule has 0 saturated heterocycles. The first kappa shape index (κ1) is 23.6. The van der Waals surface area contributed by atoms with Gasteiger partial charge in [-0.15, -0.1) is 0 Å². The second-order valence-corrected chi connectivity index (χ2v) is 9.63. The van der Waals surface area contributed by atoms with Gasteiger partial charge in [-0.3, -0.25) is 4.79 Å². The van der Waals surface area contributed by atoms with Crippen LogP contribution in [0.2, 0.25) is 0 Å². The number of nitrogens with one attached hydrogen (secondary N) is 1. The Kier molecular flexibility index (Phi) is 7.08. The number of nitrogens with zero attached hydrogens (tertiary/aromatic N) is 1. The maximum atomic E-state index is 13.7. The molecular weight excluding hydrogens is 431 g/mol. The molecule has 6 nitrogen and oxygen atoms in total. The van der Waals surface area contributed by atoms with E-state index in [1.165, 1.54) is 34.1 Å². The van der Waals surface area contributed by atoms with E-state index in [0.717, 1.165) is 5.56 Å². The standard InChI is InChI=1S/C24H24FN2O4S/c1-16-12-17(2)23(18(3)13-16)32(30,31)27(15-20-6-10-22(25)11-7-20)14-19-4-8-21(9-5-19)24(28)26-29/h4-13H,14-15H2,1-3H3,(H-,26,28,29)/q-1. The molecule has 168 valence electrons. The van der Waals surface area contributed by atoms with Crippen LogP contribution in [0.15, 0.2) is 65.6 Å². The fourth-order valence-corrected chi connectivity index (χ4v) is 5.57. The predicted molar refractivity (Wildman–Crippen MR) is 121 cm³/mol. The maximum absolute atomic E-state index is 13.7. The predicted octanol–water partition coefficient (Wildman–Crippen LogP) is 4.37. The summed E-state index contributed by atoms with van der Waals surface area (Å²) in [5.41, 5.74) is 5.04. The summed E-state index contributed by atoms with van der Waals surface area (Å²) < 4.78 is 42.1. The van der Waals surface area contributed by atoms with E-state index in [4.69, 9.17) is 0 Å². The molecule has 0 radical (unpaired) electrons. The van der Waals surface area contributed by atoms with Gasteiger partial charge < -0.3 is 10.7 Å². The topological polar surface area (TPSA) is 89.5 Å². The van der Waals surface area contributed by atoms with Gasteiger partial charge in [0.2, 0.25) is 15.9 Å². The van der Waals surface area contributed by atoms with Gasteiger partial charge in [-0.25, -0.2) is 12.8 Å². The van der Waals surface area contributed by atoms with Crippen LogP contribution in [-0.2, 0) is 23.1 Å². The van der Waals surface area contributed by atoms with Gasteiger partial charge in [0.1, 0.15) is 5.82 Å². The highest BCUT2D eigenvalue weighted by Crippen LogP contribution is 2.28. The van der Waals surface area contributed by atoms with Gasteiger partial charge in [-0.2, -0.15) is 4.31 Å². The van der Waals surface area contributed by atoms with Crippen LogP contribution in [0.3, 0.4) is 0 Å². The van der Waals surface area contributed by atoms with Gasteiger partial charge in [0.15, 0.2) is 0 Å². The van der Waals surface area contributed by atoms with Crippen LogP contribution in [0.4, 0.5) is 4.39 Å². The first-order chi connectivity index (χ1) is 15.1. The highest BCUT2D eigenvalue weighted by Gasteiger charge is 2.28. The molecule has 0 aromatic heterocycles. The van der Waals surface area contributed by atoms with Crippen molar-refractivity contribution in [3.8, 4) is 0 Å². The van der Waals surface area contributed by atoms with Gasteiger partial charge in [0.25, 0.3) is 0 Å². The first-order valence-corrected chi connectivity index (χ1v) is 11.4. The largest absolute Gasteiger partial charge is 0.759 e. The second kappa shape index (κ2) is 9.60. The SMILES string of the molecule is Cc1cc(C)c(S(=O)(=O)N(Cc2ccc(F)cc2)Cc2ccc(C(=O)N[O-])cc2)c(C)c1. The highest BCUT2D eigenvalue weighted by atomic mass is 32.2. The van der Waals surface area contributed by atoms with E-state index in [-0.39, 0.29) is 23.5 Å². The fourth-order valence-electron chi connectivity index (χ4n) is 3.75. The summed E-state index contributed by atoms with van der Waals surface area (Å²) >= 11 is 0. The molecule has 0 bridgehead atoms. The van der Waals surface area contributed by atoms with E-state index in [9.17, 15) is 22.8 Å². The molecule has 0 unspecified atom stereocenters. The summed E-state index contributed by atoms with van der Waals surface area (Å²) in [6.07, 6.45) is 0. The minimum atomic E-state index is -3.91. The third-order valence-electron chi connectivity index (χ3n) is 5.14. The molecule has 0 aliphatic carbocycles. The number of amides is 1. The lowest BCUT2D eigenvalue weighted by Gasteiger charge is -2.25. The zero-order valence-corrected chi connectivity index (χ0v) is 18.9. The van der Waals surface area contributed by atoms with Crippen molar-refractivity contribution < 1.29 is 17.6 Å². The molecule has 1 N–H and O–H groups in total. The van der Waals surface area contributed by atoms with Crippen LogP contribution in [0.25, 0.3) is 0 Å². The van der Waals surface area contributed by atoms with Crippen molar-refractivity contribution in [2.24, 2.45) is 0 Å². The number of hydrogen-bond acceptors (Lipinski definition) is 4. The number of hydroxylamine groups is 1. The van der Waals surface area contributed by atoms with Gasteiger partial charge in [-0.1, -0.05) is 42.0 Å². The maximum Gasteiger partial charge on any atom is 0.244 e. The minimum absolute atomic E-state index is 0.0335. The number of sulfonamides is 1. The van der Waals surface area contributed by atoms with Gasteiger partial charge in [0.05, 0.1) is 4.90 Å². The number of carbonyl (C=O) groups is 1. The molecule has 0 saturated carbocycles. The average Bonchev–Trinajstić information content (AvgIpc) is 2.73. The molecule has 0 heterocycles. The van der Waals surface area contributed by atoms with Crippen LogP contribution in [-0.4, -0.2) is 18.6 Å². The molecule has 0 fully saturated rings. The van der Waals surface area contributed by atoms with E-state index in [0.29, 0.717) is 22.3 Å². The number of halogens is 1. The Hall–Kier alpha value is -3.07. The molecule has 32 heavy (non-hydrogen) atoms. The van der Waals surface area contributed by atoms with Crippen molar-refractivity contribution in [1.29, 1.82) is 0 Å². The summed E-state index contributed by atoms with van der Waals surface area (Å²) in [6.45, 7) is 5.51. The number of rotatable bonds is 7. The second-order valence-electron chi connectivity index (χ2n) is 7.76. The summed E-state index contributed by atoms with van der Waals surface area (Å²) in [5, 5.41) is 10.6. The third kappa shape index (κ3) is 5.21. The first-order valence-electron chi connectivity index (χ1n) is 9.95. The molecule has 1 amide bonds. The molecule has 0 aliphatic rings. The van der Waals surface area contributed by atoms with Crippen LogP contribution >= 0.6 is 0 Å². The molecule has 8 heteroatoms. The lowest BCUT2D eigenvalue weighted by Crippen LogP contribution is -2.31. The Balaban J connectivity index is 2.02. The molecule has 3 aromatic rings. The normalized spacial score (nSPS) is 11.6. The van der Waals surface area contributed by atoms with E-state index in [1.807, 2.05) is 19.1 Å². The number of carbonyl (C=O) groups excluding carboxylic acids is 1. The lowest BCUT2D eigenvalue weighted by molar-refractivity contribution is 0.0970. The smallest absolute Gasteiger partial charge is 0.244 e. The summed E-state index contributed by atoms with van der Waals surface area (Å²) in [4.78, 5) is 11.7. The number of hydrogen-bond donors (Lipinski definition) is 1. The van der Waals surface area contributed by atoms with Gasteiger partial charge in [-0.05, 0) is 67.3 Å². The van der Waals surface area contributed by atoms with Crippen LogP contribution in [0, 0.1) is 31.8 Å². The van der Waals surface area contributed by atoms with Gasteiger partial charge >= 0.3 is 0 Å². The van der Waals surface area contributed by atoms with E-state index >= 15 is 0 Å². The van der Waals surface area contributed by atoms with Crippen molar-refractivity contribution in [2.45, 2.75) is 38.8 Å². The van der Waals surface area contributed by atoms with E-state index in [2.05, 4.69) is 0 Å². The molecule has 0 spiro atoms. The van der Waals surface area contributed by atoms with Crippen LogP contribution < -0.4 is 5.48 Å². The average molecular weight is 456 g/mol. The monoisotopic (exact) mass is 455 g/mol. The zero-order chi connectivity index (χ0) is 23.5. The van der Waals surface area contributed by atoms with Gasteiger partial charge in [0, 0.05) is 18.7 Å². The van der Waals surface area contributed by atoms with Crippen molar-refractivity contribution in [1.82, 2.24) is 9.79 Å². The molecular formula is C24H24FN2O4S-. The van der Waals surface area contributed by atoms with Crippen molar-refractivity contribution in [3.63, 3.8) is 0 Å². The lowest BCUT2D eigenvalue weighted by atomic mass is 10.1. The molecule has 3 aromatic carbocycles. The quantitative estimate of drug-likeness (QED) is 0.536. The van der Waals surface area contributed by atoms with Crippen molar-refractivity contribution in [3.05, 3.63) is 105 Å². The van der Waals surface area contributed by atoms with Crippen LogP contribution in [0.5, 0.6) is 0 Å². The van der Waals surface area contributed by atoms with E-state index < -0.39 is 21.7 Å². The minimum Gasteiger partial charge on any atom is -0.759 e.